The fraction of sp³-hybridized carbons (Fsp3) is 0.0667. The largest absolute Gasteiger partial charge is 0.488 e. The molecule has 0 aromatic heterocycles. The number of hydrogen-bond acceptors (Lipinski definition) is 2. The summed E-state index contributed by atoms with van der Waals surface area (Å²) in [6, 6.07) is 15.4. The lowest BCUT2D eigenvalue weighted by Crippen LogP contribution is -1.96. The second-order valence-corrected chi connectivity index (χ2v) is 4.25. The third-order valence-corrected chi connectivity index (χ3v) is 2.71. The van der Waals surface area contributed by atoms with Gasteiger partial charge in [0.1, 0.15) is 12.4 Å². The highest BCUT2D eigenvalue weighted by atomic mass is 35.5. The van der Waals surface area contributed by atoms with Crippen LogP contribution in [0.4, 0.5) is 0 Å². The van der Waals surface area contributed by atoms with E-state index in [-0.39, 0.29) is 0 Å². The van der Waals surface area contributed by atoms with Crippen LogP contribution in [0.1, 0.15) is 11.1 Å². The molecule has 0 amide bonds. The van der Waals surface area contributed by atoms with Gasteiger partial charge in [-0.3, -0.25) is 0 Å². The summed E-state index contributed by atoms with van der Waals surface area (Å²) < 4.78 is 5.77. The van der Waals surface area contributed by atoms with Crippen LogP contribution in [0.15, 0.2) is 54.7 Å². The zero-order chi connectivity index (χ0) is 12.8. The lowest BCUT2D eigenvalue weighted by molar-refractivity contribution is 0.305. The molecule has 0 bridgehead atoms. The predicted molar refractivity (Wildman–Crippen MR) is 75.4 cm³/mol. The maximum Gasteiger partial charge on any atom is 0.127 e. The Balaban J connectivity index is 2.10. The van der Waals surface area contributed by atoms with Crippen LogP contribution in [0, 0.1) is 0 Å². The second kappa shape index (κ2) is 6.12. The summed E-state index contributed by atoms with van der Waals surface area (Å²) in [4.78, 5) is 0. The van der Waals surface area contributed by atoms with E-state index in [9.17, 15) is 0 Å². The molecule has 0 unspecified atom stereocenters. The third-order valence-electron chi connectivity index (χ3n) is 2.48. The molecule has 92 valence electrons. The number of hydrogen-bond donors (Lipinski definition) is 1. The van der Waals surface area contributed by atoms with Crippen molar-refractivity contribution in [3.05, 3.63) is 70.9 Å². The summed E-state index contributed by atoms with van der Waals surface area (Å²) in [7, 11) is 0. The van der Waals surface area contributed by atoms with Crippen LogP contribution in [0.2, 0.25) is 5.02 Å². The highest BCUT2D eigenvalue weighted by molar-refractivity contribution is 6.30. The van der Waals surface area contributed by atoms with E-state index in [1.165, 1.54) is 6.20 Å². The molecule has 0 spiro atoms. The summed E-state index contributed by atoms with van der Waals surface area (Å²) >= 11 is 5.92. The van der Waals surface area contributed by atoms with Gasteiger partial charge in [-0.05, 0) is 36.0 Å². The van der Waals surface area contributed by atoms with Crippen molar-refractivity contribution in [1.82, 2.24) is 0 Å². The van der Waals surface area contributed by atoms with Gasteiger partial charge in [-0.25, -0.2) is 0 Å². The molecular formula is C15H14ClNO. The third kappa shape index (κ3) is 3.28. The van der Waals surface area contributed by atoms with E-state index < -0.39 is 0 Å². The molecule has 0 atom stereocenters. The van der Waals surface area contributed by atoms with Gasteiger partial charge in [-0.2, -0.15) is 0 Å². The number of para-hydroxylation sites is 1. The van der Waals surface area contributed by atoms with E-state index in [4.69, 9.17) is 22.1 Å². The molecule has 2 aromatic rings. The fourth-order valence-electron chi connectivity index (χ4n) is 1.64. The van der Waals surface area contributed by atoms with Gasteiger partial charge in [0, 0.05) is 10.6 Å². The second-order valence-electron chi connectivity index (χ2n) is 3.82. The van der Waals surface area contributed by atoms with E-state index >= 15 is 0 Å². The number of ether oxygens (including phenoxy) is 1. The minimum Gasteiger partial charge on any atom is -0.488 e. The van der Waals surface area contributed by atoms with Gasteiger partial charge in [0.15, 0.2) is 0 Å². The summed E-state index contributed by atoms with van der Waals surface area (Å²) in [6.07, 6.45) is 3.31. The van der Waals surface area contributed by atoms with E-state index in [2.05, 4.69) is 0 Å². The Labute approximate surface area is 112 Å². The van der Waals surface area contributed by atoms with Gasteiger partial charge >= 0.3 is 0 Å². The maximum atomic E-state index is 5.92. The Hall–Kier alpha value is -1.93. The Bertz CT molecular complexity index is 552. The number of halogens is 1. The predicted octanol–water partition coefficient (Wildman–Crippen LogP) is 3.85. The molecule has 0 fully saturated rings. The van der Waals surface area contributed by atoms with Gasteiger partial charge in [0.2, 0.25) is 0 Å². The van der Waals surface area contributed by atoms with Crippen LogP contribution in [0.25, 0.3) is 6.08 Å². The SMILES string of the molecule is N/C=C\c1ccccc1OCc1cccc(Cl)c1. The van der Waals surface area contributed by atoms with Gasteiger partial charge < -0.3 is 10.5 Å². The molecule has 0 saturated carbocycles. The van der Waals surface area contributed by atoms with E-state index in [0.717, 1.165) is 16.9 Å². The molecule has 3 heteroatoms. The number of nitrogens with two attached hydrogens (primary N) is 1. The quantitative estimate of drug-likeness (QED) is 0.905. The maximum absolute atomic E-state index is 5.92. The normalized spacial score (nSPS) is 10.7. The van der Waals surface area contributed by atoms with Crippen LogP contribution in [0.5, 0.6) is 5.75 Å². The molecule has 18 heavy (non-hydrogen) atoms. The van der Waals surface area contributed by atoms with Crippen molar-refractivity contribution in [3.8, 4) is 5.75 Å². The minimum absolute atomic E-state index is 0.482. The standard InChI is InChI=1S/C15H14ClNO/c16-14-6-3-4-12(10-14)11-18-15-7-2-1-5-13(15)8-9-17/h1-10H,11,17H2/b9-8-. The van der Waals surface area contributed by atoms with Gasteiger partial charge in [0.05, 0.1) is 0 Å². The fourth-order valence-corrected chi connectivity index (χ4v) is 1.85. The summed E-state index contributed by atoms with van der Waals surface area (Å²) in [5.41, 5.74) is 7.40. The zero-order valence-corrected chi connectivity index (χ0v) is 10.6. The van der Waals surface area contributed by atoms with Crippen LogP contribution in [-0.4, -0.2) is 0 Å². The van der Waals surface area contributed by atoms with Crippen molar-refractivity contribution in [2.24, 2.45) is 5.73 Å². The van der Waals surface area contributed by atoms with Crippen molar-refractivity contribution in [1.29, 1.82) is 0 Å². The molecule has 0 saturated heterocycles. The summed E-state index contributed by atoms with van der Waals surface area (Å²) in [5, 5.41) is 0.714. The summed E-state index contributed by atoms with van der Waals surface area (Å²) in [6.45, 7) is 0.482. The molecule has 0 aliphatic heterocycles. The molecule has 2 nitrogen and oxygen atoms in total. The molecule has 0 aliphatic rings. The van der Waals surface area contributed by atoms with E-state index in [0.29, 0.717) is 11.6 Å². The zero-order valence-electron chi connectivity index (χ0n) is 9.84. The number of benzene rings is 2. The molecule has 0 heterocycles. The Kier molecular flexibility index (Phi) is 4.26. The van der Waals surface area contributed by atoms with Crippen LogP contribution >= 0.6 is 11.6 Å². The smallest absolute Gasteiger partial charge is 0.127 e. The van der Waals surface area contributed by atoms with Gasteiger partial charge in [0.25, 0.3) is 0 Å². The lowest BCUT2D eigenvalue weighted by atomic mass is 10.2. The van der Waals surface area contributed by atoms with Crippen molar-refractivity contribution >= 4 is 17.7 Å². The highest BCUT2D eigenvalue weighted by Gasteiger charge is 2.00. The van der Waals surface area contributed by atoms with Crippen LogP contribution < -0.4 is 10.5 Å². The first-order valence-corrected chi connectivity index (χ1v) is 6.02. The highest BCUT2D eigenvalue weighted by Crippen LogP contribution is 2.21. The van der Waals surface area contributed by atoms with Crippen molar-refractivity contribution in [2.75, 3.05) is 0 Å². The minimum atomic E-state index is 0.482. The number of rotatable bonds is 4. The van der Waals surface area contributed by atoms with Crippen molar-refractivity contribution in [3.63, 3.8) is 0 Å². The van der Waals surface area contributed by atoms with Crippen molar-refractivity contribution in [2.45, 2.75) is 6.61 Å². The van der Waals surface area contributed by atoms with Gasteiger partial charge in [-0.1, -0.05) is 41.9 Å². The molecular weight excluding hydrogens is 246 g/mol. The average molecular weight is 260 g/mol. The monoisotopic (exact) mass is 259 g/mol. The molecule has 2 rings (SSSR count). The average Bonchev–Trinajstić information content (AvgIpc) is 2.38. The topological polar surface area (TPSA) is 35.2 Å². The lowest BCUT2D eigenvalue weighted by Gasteiger charge is -2.09. The molecule has 0 radical (unpaired) electrons. The van der Waals surface area contributed by atoms with Gasteiger partial charge in [-0.15, -0.1) is 0 Å². The Morgan fingerprint density at radius 3 is 2.72 bits per heavy atom. The van der Waals surface area contributed by atoms with E-state index in [1.807, 2.05) is 54.6 Å². The Morgan fingerprint density at radius 1 is 1.11 bits per heavy atom. The first-order valence-electron chi connectivity index (χ1n) is 5.64. The molecule has 2 aromatic carbocycles. The van der Waals surface area contributed by atoms with Crippen LogP contribution in [-0.2, 0) is 6.61 Å². The first-order chi connectivity index (χ1) is 8.79. The first kappa shape index (κ1) is 12.5. The molecule has 2 N–H and O–H groups in total. The van der Waals surface area contributed by atoms with Crippen molar-refractivity contribution < 1.29 is 4.74 Å². The Morgan fingerprint density at radius 2 is 1.94 bits per heavy atom. The summed E-state index contributed by atoms with van der Waals surface area (Å²) in [5.74, 6) is 0.805. The van der Waals surface area contributed by atoms with Crippen LogP contribution in [0.3, 0.4) is 0 Å². The molecule has 0 aliphatic carbocycles. The van der Waals surface area contributed by atoms with E-state index in [1.54, 1.807) is 0 Å².